The second-order valence-corrected chi connectivity index (χ2v) is 3.44. The summed E-state index contributed by atoms with van der Waals surface area (Å²) < 4.78 is 0. The highest BCUT2D eigenvalue weighted by atomic mass is 16.1. The van der Waals surface area contributed by atoms with Crippen molar-refractivity contribution in [3.05, 3.63) is 0 Å². The molecule has 88 valence electrons. The van der Waals surface area contributed by atoms with Crippen molar-refractivity contribution >= 4 is 11.9 Å². The standard InChI is InChI=1S/C9H21N5O/c1-3-4-5-12-9(14-11)13-7(2)6-8(10)15/h7H,3-6,11H2,1-2H3,(H2,10,15)(H2,12,13,14). The molecule has 0 aromatic carbocycles. The van der Waals surface area contributed by atoms with Crippen molar-refractivity contribution in [2.75, 3.05) is 6.54 Å². The smallest absolute Gasteiger partial charge is 0.219 e. The van der Waals surface area contributed by atoms with E-state index in [0.29, 0.717) is 12.5 Å². The van der Waals surface area contributed by atoms with Crippen LogP contribution in [0, 0.1) is 0 Å². The number of hydrazine groups is 1. The number of nitrogens with one attached hydrogen (secondary N) is 2. The lowest BCUT2D eigenvalue weighted by Gasteiger charge is -2.14. The van der Waals surface area contributed by atoms with Gasteiger partial charge < -0.3 is 11.1 Å². The summed E-state index contributed by atoms with van der Waals surface area (Å²) in [6.07, 6.45) is 2.35. The first-order valence-corrected chi connectivity index (χ1v) is 5.16. The number of guanidine groups is 1. The lowest BCUT2D eigenvalue weighted by molar-refractivity contribution is -0.118. The van der Waals surface area contributed by atoms with Gasteiger partial charge in [-0.3, -0.25) is 15.2 Å². The molecule has 0 aromatic heterocycles. The zero-order chi connectivity index (χ0) is 11.7. The number of hydrogen-bond acceptors (Lipinski definition) is 3. The third-order valence-corrected chi connectivity index (χ3v) is 1.81. The van der Waals surface area contributed by atoms with Gasteiger partial charge >= 0.3 is 0 Å². The normalized spacial score (nSPS) is 13.4. The molecule has 15 heavy (non-hydrogen) atoms. The van der Waals surface area contributed by atoms with Gasteiger partial charge in [-0.25, -0.2) is 5.84 Å². The molecule has 0 fully saturated rings. The third kappa shape index (κ3) is 7.75. The summed E-state index contributed by atoms with van der Waals surface area (Å²) in [6, 6.07) is -0.0704. The molecule has 0 radical (unpaired) electrons. The zero-order valence-electron chi connectivity index (χ0n) is 9.42. The van der Waals surface area contributed by atoms with Crippen LogP contribution in [0.4, 0.5) is 0 Å². The predicted molar refractivity (Wildman–Crippen MR) is 60.9 cm³/mol. The Morgan fingerprint density at radius 3 is 2.67 bits per heavy atom. The SMILES string of the molecule is CCCCN=C(NN)NC(C)CC(N)=O. The van der Waals surface area contributed by atoms with Gasteiger partial charge in [0.1, 0.15) is 0 Å². The van der Waals surface area contributed by atoms with E-state index in [-0.39, 0.29) is 18.4 Å². The molecule has 0 spiro atoms. The highest BCUT2D eigenvalue weighted by Gasteiger charge is 2.06. The first-order valence-electron chi connectivity index (χ1n) is 5.16. The van der Waals surface area contributed by atoms with Gasteiger partial charge in [-0.05, 0) is 13.3 Å². The van der Waals surface area contributed by atoms with Gasteiger partial charge in [0.25, 0.3) is 0 Å². The van der Waals surface area contributed by atoms with Crippen LogP contribution in [-0.2, 0) is 4.79 Å². The lowest BCUT2D eigenvalue weighted by atomic mass is 10.2. The van der Waals surface area contributed by atoms with E-state index in [1.54, 1.807) is 0 Å². The van der Waals surface area contributed by atoms with E-state index in [0.717, 1.165) is 12.8 Å². The van der Waals surface area contributed by atoms with E-state index >= 15 is 0 Å². The fraction of sp³-hybridized carbons (Fsp3) is 0.778. The average Bonchev–Trinajstić information content (AvgIpc) is 2.15. The summed E-state index contributed by atoms with van der Waals surface area (Å²) in [5, 5.41) is 2.97. The number of carbonyl (C=O) groups is 1. The zero-order valence-corrected chi connectivity index (χ0v) is 9.42. The lowest BCUT2D eigenvalue weighted by Crippen LogP contribution is -2.46. The number of nitrogens with two attached hydrogens (primary N) is 2. The fourth-order valence-electron chi connectivity index (χ4n) is 1.07. The number of carbonyl (C=O) groups excluding carboxylic acids is 1. The van der Waals surface area contributed by atoms with Crippen molar-refractivity contribution in [1.29, 1.82) is 0 Å². The topological polar surface area (TPSA) is 106 Å². The highest BCUT2D eigenvalue weighted by Crippen LogP contribution is 1.90. The molecule has 0 aliphatic heterocycles. The minimum Gasteiger partial charge on any atom is -0.370 e. The first kappa shape index (κ1) is 13.7. The van der Waals surface area contributed by atoms with Gasteiger partial charge in [0.15, 0.2) is 0 Å². The Morgan fingerprint density at radius 1 is 1.53 bits per heavy atom. The molecule has 1 atom stereocenters. The molecule has 6 nitrogen and oxygen atoms in total. The van der Waals surface area contributed by atoms with Crippen molar-refractivity contribution in [3.63, 3.8) is 0 Å². The van der Waals surface area contributed by atoms with Gasteiger partial charge in [0.05, 0.1) is 0 Å². The molecule has 1 unspecified atom stereocenters. The average molecular weight is 215 g/mol. The van der Waals surface area contributed by atoms with Crippen LogP contribution in [0.25, 0.3) is 0 Å². The molecule has 0 bridgehead atoms. The number of unbranched alkanes of at least 4 members (excludes halogenated alkanes) is 1. The Labute approximate surface area is 90.5 Å². The number of nitrogens with zero attached hydrogens (tertiary/aromatic N) is 1. The van der Waals surface area contributed by atoms with Gasteiger partial charge in [-0.15, -0.1) is 0 Å². The van der Waals surface area contributed by atoms with Crippen LogP contribution >= 0.6 is 0 Å². The Morgan fingerprint density at radius 2 is 2.20 bits per heavy atom. The number of aliphatic imine (C=N–C) groups is 1. The second kappa shape index (κ2) is 8.05. The maximum atomic E-state index is 10.6. The second-order valence-electron chi connectivity index (χ2n) is 3.44. The predicted octanol–water partition coefficient (Wildman–Crippen LogP) is -0.541. The van der Waals surface area contributed by atoms with Crippen LogP contribution in [0.3, 0.4) is 0 Å². The molecular formula is C9H21N5O. The first-order chi connectivity index (χ1) is 7.10. The number of amides is 1. The van der Waals surface area contributed by atoms with Crippen LogP contribution in [0.15, 0.2) is 4.99 Å². The highest BCUT2D eigenvalue weighted by molar-refractivity contribution is 5.80. The Bertz CT molecular complexity index is 217. The fourth-order valence-corrected chi connectivity index (χ4v) is 1.07. The quantitative estimate of drug-likeness (QED) is 0.157. The molecule has 0 saturated heterocycles. The Kier molecular flexibility index (Phi) is 7.35. The number of primary amides is 1. The molecule has 0 aliphatic carbocycles. The summed E-state index contributed by atoms with van der Waals surface area (Å²) in [4.78, 5) is 14.8. The van der Waals surface area contributed by atoms with Gasteiger partial charge in [-0.1, -0.05) is 13.3 Å². The maximum Gasteiger partial charge on any atom is 0.219 e. The Balaban J connectivity index is 3.96. The van der Waals surface area contributed by atoms with Gasteiger partial charge in [0.2, 0.25) is 11.9 Å². The van der Waals surface area contributed by atoms with E-state index in [4.69, 9.17) is 11.6 Å². The summed E-state index contributed by atoms with van der Waals surface area (Å²) in [5.41, 5.74) is 7.51. The summed E-state index contributed by atoms with van der Waals surface area (Å²) in [5.74, 6) is 5.42. The van der Waals surface area contributed by atoms with Crippen molar-refractivity contribution in [3.8, 4) is 0 Å². The van der Waals surface area contributed by atoms with E-state index in [1.165, 1.54) is 0 Å². The van der Waals surface area contributed by atoms with Crippen molar-refractivity contribution in [2.45, 2.75) is 39.2 Å². The van der Waals surface area contributed by atoms with Crippen molar-refractivity contribution < 1.29 is 4.79 Å². The number of hydrogen-bond donors (Lipinski definition) is 4. The van der Waals surface area contributed by atoms with E-state index in [9.17, 15) is 4.79 Å². The maximum absolute atomic E-state index is 10.6. The van der Waals surface area contributed by atoms with Crippen LogP contribution < -0.4 is 22.3 Å². The number of rotatable bonds is 6. The van der Waals surface area contributed by atoms with Crippen LogP contribution in [-0.4, -0.2) is 24.5 Å². The molecule has 1 amide bonds. The Hall–Kier alpha value is -1.30. The monoisotopic (exact) mass is 215 g/mol. The molecular weight excluding hydrogens is 194 g/mol. The third-order valence-electron chi connectivity index (χ3n) is 1.81. The van der Waals surface area contributed by atoms with Crippen LogP contribution in [0.1, 0.15) is 33.1 Å². The largest absolute Gasteiger partial charge is 0.370 e. The van der Waals surface area contributed by atoms with E-state index in [2.05, 4.69) is 22.7 Å². The molecule has 0 aromatic rings. The molecule has 0 rings (SSSR count). The molecule has 6 N–H and O–H groups in total. The van der Waals surface area contributed by atoms with Gasteiger partial charge in [0, 0.05) is 19.0 Å². The van der Waals surface area contributed by atoms with Gasteiger partial charge in [-0.2, -0.15) is 0 Å². The van der Waals surface area contributed by atoms with E-state index < -0.39 is 0 Å². The van der Waals surface area contributed by atoms with Crippen molar-refractivity contribution in [2.24, 2.45) is 16.6 Å². The molecule has 0 heterocycles. The summed E-state index contributed by atoms with van der Waals surface area (Å²) in [7, 11) is 0. The molecule has 6 heteroatoms. The van der Waals surface area contributed by atoms with Crippen molar-refractivity contribution in [1.82, 2.24) is 10.7 Å². The summed E-state index contributed by atoms with van der Waals surface area (Å²) in [6.45, 7) is 4.65. The molecule has 0 aliphatic rings. The molecule has 0 saturated carbocycles. The van der Waals surface area contributed by atoms with Crippen LogP contribution in [0.2, 0.25) is 0 Å². The minimum absolute atomic E-state index is 0.0704. The minimum atomic E-state index is -0.347. The van der Waals surface area contributed by atoms with E-state index in [1.807, 2.05) is 6.92 Å². The van der Waals surface area contributed by atoms with Crippen LogP contribution in [0.5, 0.6) is 0 Å². The summed E-state index contributed by atoms with van der Waals surface area (Å²) >= 11 is 0.